The number of likely N-dealkylation sites (N-methyl/N-ethyl adjacent to an activating group) is 1. The van der Waals surface area contributed by atoms with Crippen LogP contribution in [-0.2, 0) is 0 Å². The number of halogens is 1. The summed E-state index contributed by atoms with van der Waals surface area (Å²) >= 11 is 0. The van der Waals surface area contributed by atoms with E-state index in [4.69, 9.17) is 0 Å². The predicted molar refractivity (Wildman–Crippen MR) is 71.8 cm³/mol. The summed E-state index contributed by atoms with van der Waals surface area (Å²) < 4.78 is 13.1. The number of nitrogens with zero attached hydrogens (tertiary/aromatic N) is 2. The fraction of sp³-hybridized carbons (Fsp3) is 0.333. The van der Waals surface area contributed by atoms with Crippen LogP contribution in [0.1, 0.15) is 6.92 Å². The SMILES string of the molecule is CC1C=C(C2=CN=C3[CH]C(F)=CC=C23)CN(C)C1. The zero-order valence-electron chi connectivity index (χ0n) is 10.7. The Labute approximate surface area is 107 Å². The Bertz CT molecular complexity index is 535. The minimum absolute atomic E-state index is 0.227. The average Bonchev–Trinajstić information content (AvgIpc) is 2.70. The summed E-state index contributed by atoms with van der Waals surface area (Å²) in [5, 5.41) is 0. The van der Waals surface area contributed by atoms with E-state index in [1.807, 2.05) is 12.3 Å². The van der Waals surface area contributed by atoms with Gasteiger partial charge in [-0.05, 0) is 30.7 Å². The van der Waals surface area contributed by atoms with Gasteiger partial charge in [-0.15, -0.1) is 0 Å². The molecule has 3 rings (SSSR count). The molecule has 0 bridgehead atoms. The maximum absolute atomic E-state index is 13.1. The van der Waals surface area contributed by atoms with Crippen molar-refractivity contribution in [3.8, 4) is 0 Å². The number of fused-ring (bicyclic) bond motifs is 1. The van der Waals surface area contributed by atoms with Gasteiger partial charge in [0, 0.05) is 30.4 Å². The Morgan fingerprint density at radius 1 is 1.33 bits per heavy atom. The van der Waals surface area contributed by atoms with Gasteiger partial charge in [0.1, 0.15) is 5.83 Å². The van der Waals surface area contributed by atoms with E-state index >= 15 is 0 Å². The highest BCUT2D eigenvalue weighted by Crippen LogP contribution is 2.33. The summed E-state index contributed by atoms with van der Waals surface area (Å²) in [5.41, 5.74) is 4.23. The Hall–Kier alpha value is -1.48. The van der Waals surface area contributed by atoms with Crippen LogP contribution in [0.25, 0.3) is 0 Å². The molecule has 0 saturated carbocycles. The fourth-order valence-electron chi connectivity index (χ4n) is 2.77. The van der Waals surface area contributed by atoms with Crippen LogP contribution in [0.15, 0.2) is 52.0 Å². The number of rotatable bonds is 1. The summed E-state index contributed by atoms with van der Waals surface area (Å²) in [6.07, 6.45) is 8.99. The molecule has 1 atom stereocenters. The first-order valence-corrected chi connectivity index (χ1v) is 6.24. The lowest BCUT2D eigenvalue weighted by Crippen LogP contribution is -2.31. The van der Waals surface area contributed by atoms with E-state index in [1.165, 1.54) is 18.1 Å². The van der Waals surface area contributed by atoms with E-state index in [-0.39, 0.29) is 5.83 Å². The normalized spacial score (nSPS) is 27.9. The fourth-order valence-corrected chi connectivity index (χ4v) is 2.77. The van der Waals surface area contributed by atoms with Crippen molar-refractivity contribution in [1.29, 1.82) is 0 Å². The highest BCUT2D eigenvalue weighted by atomic mass is 19.1. The van der Waals surface area contributed by atoms with Gasteiger partial charge < -0.3 is 4.90 Å². The van der Waals surface area contributed by atoms with Crippen molar-refractivity contribution in [1.82, 2.24) is 4.90 Å². The molecule has 3 heteroatoms. The molecule has 2 heterocycles. The van der Waals surface area contributed by atoms with E-state index in [0.29, 0.717) is 5.92 Å². The third-order valence-electron chi connectivity index (χ3n) is 3.45. The monoisotopic (exact) mass is 243 g/mol. The van der Waals surface area contributed by atoms with E-state index in [1.54, 1.807) is 0 Å². The topological polar surface area (TPSA) is 15.6 Å². The average molecular weight is 243 g/mol. The third-order valence-corrected chi connectivity index (χ3v) is 3.45. The van der Waals surface area contributed by atoms with Crippen molar-refractivity contribution in [2.24, 2.45) is 10.9 Å². The van der Waals surface area contributed by atoms with Crippen LogP contribution in [0.2, 0.25) is 0 Å². The zero-order valence-corrected chi connectivity index (χ0v) is 10.7. The molecule has 0 N–H and O–H groups in total. The first-order chi connectivity index (χ1) is 8.63. The minimum Gasteiger partial charge on any atom is -0.302 e. The van der Waals surface area contributed by atoms with Gasteiger partial charge in [-0.3, -0.25) is 4.99 Å². The highest BCUT2D eigenvalue weighted by molar-refractivity contribution is 6.15. The van der Waals surface area contributed by atoms with E-state index in [2.05, 4.69) is 29.9 Å². The van der Waals surface area contributed by atoms with Gasteiger partial charge in [-0.1, -0.05) is 13.0 Å². The van der Waals surface area contributed by atoms with Gasteiger partial charge in [0.2, 0.25) is 0 Å². The Morgan fingerprint density at radius 2 is 2.17 bits per heavy atom. The van der Waals surface area contributed by atoms with E-state index in [0.717, 1.165) is 29.9 Å². The lowest BCUT2D eigenvalue weighted by Gasteiger charge is -2.28. The number of aliphatic imine (C=N–C) groups is 1. The molecule has 0 amide bonds. The minimum atomic E-state index is -0.227. The van der Waals surface area contributed by atoms with Crippen molar-refractivity contribution < 1.29 is 4.39 Å². The van der Waals surface area contributed by atoms with Crippen LogP contribution >= 0.6 is 0 Å². The van der Waals surface area contributed by atoms with Crippen LogP contribution in [0.5, 0.6) is 0 Å². The molecule has 3 aliphatic rings. The lowest BCUT2D eigenvalue weighted by atomic mass is 9.89. The predicted octanol–water partition coefficient (Wildman–Crippen LogP) is 2.83. The Balaban J connectivity index is 1.91. The molecule has 0 saturated heterocycles. The van der Waals surface area contributed by atoms with Crippen molar-refractivity contribution in [2.45, 2.75) is 6.92 Å². The van der Waals surface area contributed by atoms with Crippen LogP contribution in [0, 0.1) is 12.3 Å². The number of hydrogen-bond acceptors (Lipinski definition) is 2. The van der Waals surface area contributed by atoms with Crippen LogP contribution < -0.4 is 0 Å². The van der Waals surface area contributed by atoms with Crippen molar-refractivity contribution in [2.75, 3.05) is 20.1 Å². The summed E-state index contributed by atoms with van der Waals surface area (Å²) in [7, 11) is 2.13. The number of hydrogen-bond donors (Lipinski definition) is 0. The smallest absolute Gasteiger partial charge is 0.110 e. The largest absolute Gasteiger partial charge is 0.302 e. The zero-order chi connectivity index (χ0) is 12.7. The second-order valence-corrected chi connectivity index (χ2v) is 5.20. The molecule has 1 aliphatic carbocycles. The van der Waals surface area contributed by atoms with Crippen LogP contribution in [0.4, 0.5) is 4.39 Å². The first kappa shape index (κ1) is 11.6. The van der Waals surface area contributed by atoms with Crippen molar-refractivity contribution >= 4 is 5.71 Å². The van der Waals surface area contributed by atoms with Gasteiger partial charge in [-0.2, -0.15) is 0 Å². The molecule has 2 aliphatic heterocycles. The van der Waals surface area contributed by atoms with Crippen LogP contribution in [0.3, 0.4) is 0 Å². The molecule has 0 fully saturated rings. The molecule has 2 nitrogen and oxygen atoms in total. The maximum atomic E-state index is 13.1. The molecule has 93 valence electrons. The van der Waals surface area contributed by atoms with Crippen molar-refractivity contribution in [3.63, 3.8) is 0 Å². The van der Waals surface area contributed by atoms with Gasteiger partial charge in [0.05, 0.1) is 12.1 Å². The third kappa shape index (κ3) is 1.99. The maximum Gasteiger partial charge on any atom is 0.110 e. The summed E-state index contributed by atoms with van der Waals surface area (Å²) in [4.78, 5) is 6.61. The second kappa shape index (κ2) is 4.32. The molecule has 18 heavy (non-hydrogen) atoms. The first-order valence-electron chi connectivity index (χ1n) is 6.24. The van der Waals surface area contributed by atoms with Crippen molar-refractivity contribution in [3.05, 3.63) is 53.4 Å². The molecule has 0 aromatic heterocycles. The second-order valence-electron chi connectivity index (χ2n) is 5.20. The van der Waals surface area contributed by atoms with Crippen LogP contribution in [-0.4, -0.2) is 30.7 Å². The standard InChI is InChI=1S/C15H16FN2/c1-10-5-11(9-18(2)8-10)14-7-17-15-6-12(16)3-4-13(14)15/h3-7,10H,8-9H2,1-2H3. The quantitative estimate of drug-likeness (QED) is 0.691. The number of allylic oxidation sites excluding steroid dienone is 4. The molecule has 0 aromatic carbocycles. The van der Waals surface area contributed by atoms with E-state index in [9.17, 15) is 4.39 Å². The van der Waals surface area contributed by atoms with Gasteiger partial charge in [0.25, 0.3) is 0 Å². The summed E-state index contributed by atoms with van der Waals surface area (Å²) in [5.74, 6) is 0.319. The Morgan fingerprint density at radius 3 is 2.94 bits per heavy atom. The summed E-state index contributed by atoms with van der Waals surface area (Å²) in [6.45, 7) is 4.24. The van der Waals surface area contributed by atoms with E-state index < -0.39 is 0 Å². The van der Waals surface area contributed by atoms with Gasteiger partial charge in [-0.25, -0.2) is 4.39 Å². The molecular weight excluding hydrogens is 227 g/mol. The molecule has 1 unspecified atom stereocenters. The van der Waals surface area contributed by atoms with Gasteiger partial charge >= 0.3 is 0 Å². The Kier molecular flexibility index (Phi) is 2.78. The summed E-state index contributed by atoms with van der Waals surface area (Å²) in [6, 6.07) is 0. The highest BCUT2D eigenvalue weighted by Gasteiger charge is 2.26. The molecular formula is C15H16FN2. The molecule has 0 aromatic rings. The molecule has 1 radical (unpaired) electrons. The van der Waals surface area contributed by atoms with Gasteiger partial charge in [0.15, 0.2) is 0 Å². The molecule has 0 spiro atoms. The lowest BCUT2D eigenvalue weighted by molar-refractivity contribution is 0.315.